The largest absolute Gasteiger partial charge is 0.456 e. The number of anilines is 3. The first kappa shape index (κ1) is 29.5. The van der Waals surface area contributed by atoms with E-state index in [1.165, 1.54) is 22.3 Å². The number of rotatable bonds is 6. The van der Waals surface area contributed by atoms with Gasteiger partial charge in [0.05, 0.1) is 5.69 Å². The zero-order valence-corrected chi connectivity index (χ0v) is 27.4. The average Bonchev–Trinajstić information content (AvgIpc) is 3.34. The summed E-state index contributed by atoms with van der Waals surface area (Å²) < 4.78 is 6.94. The van der Waals surface area contributed by atoms with Crippen molar-refractivity contribution >= 4 is 17.1 Å². The lowest BCUT2D eigenvalue weighted by atomic mass is 9.92. The van der Waals surface area contributed by atoms with Gasteiger partial charge in [0.25, 0.3) is 0 Å². The molecule has 2 nitrogen and oxygen atoms in total. The smallest absolute Gasteiger partial charge is 0.137 e. The van der Waals surface area contributed by atoms with Crippen molar-refractivity contribution in [1.29, 1.82) is 0 Å². The fourth-order valence-corrected chi connectivity index (χ4v) is 7.05. The molecule has 0 saturated heterocycles. The summed E-state index contributed by atoms with van der Waals surface area (Å²) >= 11 is 0. The molecule has 0 atom stereocenters. The van der Waals surface area contributed by atoms with Gasteiger partial charge in [0.2, 0.25) is 0 Å². The van der Waals surface area contributed by atoms with E-state index in [9.17, 15) is 0 Å². The number of hydrogen-bond acceptors (Lipinski definition) is 2. The fourth-order valence-electron chi connectivity index (χ4n) is 7.05. The molecule has 0 saturated carbocycles. The van der Waals surface area contributed by atoms with E-state index in [4.69, 9.17) is 4.74 Å². The van der Waals surface area contributed by atoms with E-state index in [1.54, 1.807) is 0 Å². The van der Waals surface area contributed by atoms with Gasteiger partial charge in [-0.2, -0.15) is 0 Å². The Morgan fingerprint density at radius 3 is 1.32 bits per heavy atom. The zero-order valence-electron chi connectivity index (χ0n) is 27.4. The lowest BCUT2D eigenvalue weighted by Gasteiger charge is -2.29. The van der Waals surface area contributed by atoms with Crippen LogP contribution in [-0.4, -0.2) is 0 Å². The molecule has 8 aromatic rings. The quantitative estimate of drug-likeness (QED) is 0.179. The maximum absolute atomic E-state index is 6.94. The molecule has 9 rings (SSSR count). The van der Waals surface area contributed by atoms with Gasteiger partial charge in [0.1, 0.15) is 11.5 Å². The summed E-state index contributed by atoms with van der Waals surface area (Å²) in [6.07, 6.45) is 0. The normalized spacial score (nSPS) is 11.4. The molecule has 0 aliphatic carbocycles. The van der Waals surface area contributed by atoms with E-state index < -0.39 is 0 Å². The summed E-state index contributed by atoms with van der Waals surface area (Å²) in [7, 11) is 0. The van der Waals surface area contributed by atoms with Crippen molar-refractivity contribution in [3.8, 4) is 67.1 Å². The van der Waals surface area contributed by atoms with Crippen molar-refractivity contribution in [2.75, 3.05) is 4.90 Å². The lowest BCUT2D eigenvalue weighted by molar-refractivity contribution is 0.488. The van der Waals surface area contributed by atoms with Gasteiger partial charge in [0, 0.05) is 22.5 Å². The number of fused-ring (bicyclic) bond motifs is 5. The van der Waals surface area contributed by atoms with Crippen molar-refractivity contribution in [2.24, 2.45) is 0 Å². The van der Waals surface area contributed by atoms with Crippen LogP contribution >= 0.6 is 0 Å². The molecule has 0 spiro atoms. The highest BCUT2D eigenvalue weighted by atomic mass is 16.5. The van der Waals surface area contributed by atoms with E-state index >= 15 is 0 Å². The first-order valence-corrected chi connectivity index (χ1v) is 17.0. The number of ether oxygens (including phenoxy) is 1. The Kier molecular flexibility index (Phi) is 7.53. The monoisotopic (exact) mass is 639 g/mol. The first-order chi connectivity index (χ1) is 24.8. The van der Waals surface area contributed by atoms with Crippen molar-refractivity contribution in [1.82, 2.24) is 0 Å². The van der Waals surface area contributed by atoms with Gasteiger partial charge in [-0.25, -0.2) is 0 Å². The number of hydrogen-bond donors (Lipinski definition) is 0. The topological polar surface area (TPSA) is 12.5 Å². The Morgan fingerprint density at radius 2 is 0.760 bits per heavy atom. The highest BCUT2D eigenvalue weighted by molar-refractivity contribution is 5.99. The Balaban J connectivity index is 1.22. The van der Waals surface area contributed by atoms with Crippen molar-refractivity contribution in [2.45, 2.75) is 0 Å². The number of benzene rings is 8. The first-order valence-electron chi connectivity index (χ1n) is 17.0. The summed E-state index contributed by atoms with van der Waals surface area (Å²) in [6.45, 7) is 0. The van der Waals surface area contributed by atoms with Gasteiger partial charge in [0.15, 0.2) is 0 Å². The van der Waals surface area contributed by atoms with Crippen LogP contribution in [0.3, 0.4) is 0 Å². The van der Waals surface area contributed by atoms with Gasteiger partial charge in [-0.15, -0.1) is 0 Å². The molecule has 50 heavy (non-hydrogen) atoms. The third kappa shape index (κ3) is 5.43. The Labute approximate surface area is 293 Å². The van der Waals surface area contributed by atoms with Crippen molar-refractivity contribution in [3.05, 3.63) is 200 Å². The summed E-state index contributed by atoms with van der Waals surface area (Å²) in [5, 5.41) is 0. The van der Waals surface area contributed by atoms with Gasteiger partial charge in [-0.1, -0.05) is 152 Å². The van der Waals surface area contributed by atoms with Crippen molar-refractivity contribution in [3.63, 3.8) is 0 Å². The predicted molar refractivity (Wildman–Crippen MR) is 208 cm³/mol. The molecular weight excluding hydrogens is 607 g/mol. The molecule has 0 radical (unpaired) electrons. The second kappa shape index (κ2) is 12.8. The van der Waals surface area contributed by atoms with Gasteiger partial charge >= 0.3 is 0 Å². The molecule has 1 heterocycles. The SMILES string of the molecule is c1ccc(-c2ccc(N(c3ccc(-c4ccccc4)cc3)c3cccc4c3-c3ccccc3-c3ccc(-c5ccccc5)cc3O4)cc2)cc1. The molecule has 0 N–H and O–H groups in total. The minimum atomic E-state index is 0.825. The number of nitrogens with zero attached hydrogens (tertiary/aromatic N) is 1. The van der Waals surface area contributed by atoms with Crippen molar-refractivity contribution < 1.29 is 4.74 Å². The highest BCUT2D eigenvalue weighted by Crippen LogP contribution is 2.53. The van der Waals surface area contributed by atoms with Gasteiger partial charge < -0.3 is 9.64 Å². The maximum Gasteiger partial charge on any atom is 0.137 e. The van der Waals surface area contributed by atoms with Crippen LogP contribution < -0.4 is 9.64 Å². The summed E-state index contributed by atoms with van der Waals surface area (Å²) in [5.41, 5.74) is 14.6. The summed E-state index contributed by atoms with van der Waals surface area (Å²) in [4.78, 5) is 2.36. The molecule has 236 valence electrons. The van der Waals surface area contributed by atoms with Crippen LogP contribution in [0.15, 0.2) is 200 Å². The molecule has 0 amide bonds. The molecule has 0 unspecified atom stereocenters. The Morgan fingerprint density at radius 1 is 0.300 bits per heavy atom. The van der Waals surface area contributed by atoms with E-state index in [2.05, 4.69) is 199 Å². The summed E-state index contributed by atoms with van der Waals surface area (Å²) in [6, 6.07) is 70.9. The predicted octanol–water partition coefficient (Wildman–Crippen LogP) is 13.6. The molecule has 0 fully saturated rings. The van der Waals surface area contributed by atoms with Gasteiger partial charge in [-0.3, -0.25) is 0 Å². The molecule has 2 heteroatoms. The minimum Gasteiger partial charge on any atom is -0.456 e. The standard InChI is InChI=1S/C48H33NO/c1-4-13-34(14-5-1)37-23-28-40(29-24-37)49(41-30-25-38(26-31-41)35-15-6-2-7-16-35)45-21-12-22-46-48(45)44-20-11-10-19-42(44)43-32-27-39(33-47(43)50-46)36-17-8-3-9-18-36/h1-33H. The van der Waals surface area contributed by atoms with Crippen LogP contribution in [0.1, 0.15) is 0 Å². The van der Waals surface area contributed by atoms with E-state index in [0.717, 1.165) is 61.9 Å². The second-order valence-electron chi connectivity index (χ2n) is 12.5. The molecule has 8 aromatic carbocycles. The fraction of sp³-hybridized carbons (Fsp3) is 0. The van der Waals surface area contributed by atoms with Crippen LogP contribution in [0.2, 0.25) is 0 Å². The molecule has 1 aliphatic heterocycles. The molecule has 1 aliphatic rings. The van der Waals surface area contributed by atoms with E-state index in [1.807, 2.05) is 6.07 Å². The summed E-state index contributed by atoms with van der Waals surface area (Å²) in [5.74, 6) is 1.67. The van der Waals surface area contributed by atoms with Crippen LogP contribution in [0.25, 0.3) is 55.6 Å². The Hall–Kier alpha value is -6.64. The third-order valence-electron chi connectivity index (χ3n) is 9.51. The average molecular weight is 640 g/mol. The third-order valence-corrected chi connectivity index (χ3v) is 9.51. The van der Waals surface area contributed by atoms with Crippen LogP contribution in [0.5, 0.6) is 11.5 Å². The lowest BCUT2D eigenvalue weighted by Crippen LogP contribution is -2.11. The minimum absolute atomic E-state index is 0.825. The van der Waals surface area contributed by atoms with Crippen LogP contribution in [0, 0.1) is 0 Å². The maximum atomic E-state index is 6.94. The Bertz CT molecular complexity index is 2330. The highest BCUT2D eigenvalue weighted by Gasteiger charge is 2.27. The molecule has 0 bridgehead atoms. The van der Waals surface area contributed by atoms with E-state index in [0.29, 0.717) is 0 Å². The van der Waals surface area contributed by atoms with Crippen LogP contribution in [-0.2, 0) is 0 Å². The molecule has 0 aromatic heterocycles. The second-order valence-corrected chi connectivity index (χ2v) is 12.5. The zero-order chi connectivity index (χ0) is 33.3. The van der Waals surface area contributed by atoms with E-state index in [-0.39, 0.29) is 0 Å². The van der Waals surface area contributed by atoms with Crippen LogP contribution in [0.4, 0.5) is 17.1 Å². The molecular formula is C48H33NO. The van der Waals surface area contributed by atoms with Gasteiger partial charge in [-0.05, 0) is 93.0 Å².